The van der Waals surface area contributed by atoms with Gasteiger partial charge in [-0.1, -0.05) is 0 Å². The summed E-state index contributed by atoms with van der Waals surface area (Å²) in [6.07, 6.45) is -4.85. The minimum absolute atomic E-state index is 0.0787. The molecule has 1 saturated heterocycles. The molecule has 0 bridgehead atoms. The summed E-state index contributed by atoms with van der Waals surface area (Å²) in [7, 11) is 0. The number of amides is 1. The number of hydrogen-bond acceptors (Lipinski definition) is 5. The van der Waals surface area contributed by atoms with Gasteiger partial charge in [0.2, 0.25) is 0 Å². The van der Waals surface area contributed by atoms with E-state index in [1.54, 1.807) is 0 Å². The first-order chi connectivity index (χ1) is 10.8. The number of halogens is 3. The maximum atomic E-state index is 12.2. The number of morpholine rings is 1. The van der Waals surface area contributed by atoms with Crippen LogP contribution in [0.15, 0.2) is 18.2 Å². The van der Waals surface area contributed by atoms with Gasteiger partial charge in [0.15, 0.2) is 0 Å². The molecule has 0 saturated carbocycles. The summed E-state index contributed by atoms with van der Waals surface area (Å²) in [4.78, 5) is 27.3. The Balaban J connectivity index is 1.83. The number of carbonyl (C=O) groups is 2. The number of hydrogen-bond donors (Lipinski definition) is 0. The van der Waals surface area contributed by atoms with Crippen molar-refractivity contribution in [1.29, 1.82) is 0 Å². The zero-order chi connectivity index (χ0) is 16.6. The van der Waals surface area contributed by atoms with Crippen LogP contribution in [0.4, 0.5) is 18.9 Å². The van der Waals surface area contributed by atoms with Crippen LogP contribution < -0.4 is 9.64 Å². The Morgan fingerprint density at radius 2 is 1.87 bits per heavy atom. The third-order valence-electron chi connectivity index (χ3n) is 3.62. The predicted molar refractivity (Wildman–Crippen MR) is 72.2 cm³/mol. The second-order valence-electron chi connectivity index (χ2n) is 5.16. The minimum Gasteiger partial charge on any atom is -0.406 e. The van der Waals surface area contributed by atoms with E-state index in [4.69, 9.17) is 4.74 Å². The third kappa shape index (κ3) is 3.30. The average Bonchev–Trinajstić information content (AvgIpc) is 2.72. The van der Waals surface area contributed by atoms with Crippen LogP contribution in [0.3, 0.4) is 0 Å². The molecule has 1 aromatic carbocycles. The normalized spacial score (nSPS) is 19.2. The number of alkyl halides is 3. The molecule has 0 unspecified atom stereocenters. The van der Waals surface area contributed by atoms with Crippen molar-refractivity contribution < 1.29 is 32.2 Å². The Hall–Kier alpha value is -2.13. The zero-order valence-electron chi connectivity index (χ0n) is 11.9. The van der Waals surface area contributed by atoms with Gasteiger partial charge in [0.25, 0.3) is 5.78 Å². The first kappa shape index (κ1) is 15.8. The highest BCUT2D eigenvalue weighted by Gasteiger charge is 2.38. The second kappa shape index (κ2) is 5.82. The molecule has 23 heavy (non-hydrogen) atoms. The molecule has 0 aromatic heterocycles. The fourth-order valence-electron chi connectivity index (χ4n) is 2.56. The van der Waals surface area contributed by atoms with Gasteiger partial charge in [-0.3, -0.25) is 19.4 Å². The lowest BCUT2D eigenvalue weighted by Crippen LogP contribution is -2.45. The fraction of sp³-hybridized carbons (Fsp3) is 0.429. The van der Waals surface area contributed by atoms with Crippen molar-refractivity contribution in [3.63, 3.8) is 0 Å². The molecule has 2 aliphatic heterocycles. The maximum absolute atomic E-state index is 12.2. The summed E-state index contributed by atoms with van der Waals surface area (Å²) in [5.41, 5.74) is 0.214. The van der Waals surface area contributed by atoms with Gasteiger partial charge in [0.1, 0.15) is 5.75 Å². The van der Waals surface area contributed by atoms with Gasteiger partial charge >= 0.3 is 12.3 Å². The van der Waals surface area contributed by atoms with Gasteiger partial charge in [-0.25, -0.2) is 0 Å². The van der Waals surface area contributed by atoms with Crippen LogP contribution in [0, 0.1) is 0 Å². The molecule has 124 valence electrons. The summed E-state index contributed by atoms with van der Waals surface area (Å²) in [5, 5.41) is 0. The molecule has 2 aliphatic rings. The van der Waals surface area contributed by atoms with Crippen molar-refractivity contribution in [2.75, 3.05) is 37.9 Å². The van der Waals surface area contributed by atoms with Gasteiger partial charge in [0.05, 0.1) is 31.1 Å². The highest BCUT2D eigenvalue weighted by atomic mass is 19.4. The van der Waals surface area contributed by atoms with E-state index in [2.05, 4.69) is 4.74 Å². The largest absolute Gasteiger partial charge is 0.573 e. The molecular formula is C14H13F3N2O4. The number of ether oxygens (including phenoxy) is 2. The number of ketones is 1. The summed E-state index contributed by atoms with van der Waals surface area (Å²) in [6, 6.07) is 3.33. The first-order valence-corrected chi connectivity index (χ1v) is 6.91. The van der Waals surface area contributed by atoms with Crippen molar-refractivity contribution in [2.45, 2.75) is 6.36 Å². The Morgan fingerprint density at radius 1 is 1.17 bits per heavy atom. The highest BCUT2D eigenvalue weighted by molar-refractivity contribution is 6.52. The van der Waals surface area contributed by atoms with Crippen molar-refractivity contribution >= 4 is 17.4 Å². The Kier molecular flexibility index (Phi) is 3.99. The Bertz CT molecular complexity index is 641. The van der Waals surface area contributed by atoms with E-state index < -0.39 is 23.8 Å². The van der Waals surface area contributed by atoms with E-state index in [1.807, 2.05) is 4.90 Å². The average molecular weight is 330 g/mol. The molecule has 0 aliphatic carbocycles. The lowest BCUT2D eigenvalue weighted by Gasteiger charge is -2.30. The van der Waals surface area contributed by atoms with Gasteiger partial charge in [-0.05, 0) is 18.2 Å². The molecule has 0 spiro atoms. The van der Waals surface area contributed by atoms with Gasteiger partial charge in [-0.15, -0.1) is 13.2 Å². The van der Waals surface area contributed by atoms with Gasteiger partial charge < -0.3 is 9.47 Å². The van der Waals surface area contributed by atoms with Gasteiger partial charge in [-0.2, -0.15) is 0 Å². The SMILES string of the molecule is O=C1C(=O)N(CN2CCOCC2)c2ccc(OC(F)(F)F)cc21. The van der Waals surface area contributed by atoms with Crippen LogP contribution in [0.5, 0.6) is 5.75 Å². The molecule has 9 heteroatoms. The molecule has 0 atom stereocenters. The molecule has 1 fully saturated rings. The van der Waals surface area contributed by atoms with Crippen molar-refractivity contribution in [1.82, 2.24) is 4.90 Å². The van der Waals surface area contributed by atoms with Crippen molar-refractivity contribution in [2.24, 2.45) is 0 Å². The topological polar surface area (TPSA) is 59.1 Å². The van der Waals surface area contributed by atoms with E-state index in [9.17, 15) is 22.8 Å². The predicted octanol–water partition coefficient (Wildman–Crippen LogP) is 1.40. The Morgan fingerprint density at radius 3 is 2.52 bits per heavy atom. The quantitative estimate of drug-likeness (QED) is 0.784. The number of fused-ring (bicyclic) bond motifs is 1. The summed E-state index contributed by atoms with van der Waals surface area (Å²) in [6.45, 7) is 2.48. The number of benzene rings is 1. The second-order valence-corrected chi connectivity index (χ2v) is 5.16. The van der Waals surface area contributed by atoms with Crippen molar-refractivity contribution in [3.05, 3.63) is 23.8 Å². The lowest BCUT2D eigenvalue weighted by atomic mass is 10.1. The standard InChI is InChI=1S/C14H13F3N2O4/c15-14(16,17)23-9-1-2-11-10(7-9)12(20)13(21)19(11)8-18-3-5-22-6-4-18/h1-2,7H,3-6,8H2. The molecular weight excluding hydrogens is 317 g/mol. The zero-order valence-corrected chi connectivity index (χ0v) is 11.9. The fourth-order valence-corrected chi connectivity index (χ4v) is 2.56. The molecule has 0 radical (unpaired) electrons. The number of anilines is 1. The molecule has 1 amide bonds. The van der Waals surface area contributed by atoms with Crippen LogP contribution in [0.1, 0.15) is 10.4 Å². The van der Waals surface area contributed by atoms with Crippen molar-refractivity contribution in [3.8, 4) is 5.75 Å². The Labute approximate surface area is 129 Å². The number of rotatable bonds is 3. The monoisotopic (exact) mass is 330 g/mol. The third-order valence-corrected chi connectivity index (χ3v) is 3.62. The van der Waals surface area contributed by atoms with E-state index in [-0.39, 0.29) is 12.2 Å². The van der Waals surface area contributed by atoms with E-state index in [1.165, 1.54) is 11.0 Å². The lowest BCUT2D eigenvalue weighted by molar-refractivity contribution is -0.274. The maximum Gasteiger partial charge on any atom is 0.573 e. The highest BCUT2D eigenvalue weighted by Crippen LogP contribution is 2.34. The number of carbonyl (C=O) groups excluding carboxylic acids is 2. The summed E-state index contributed by atoms with van der Waals surface area (Å²) < 4.78 is 45.7. The van der Waals surface area contributed by atoms with E-state index >= 15 is 0 Å². The molecule has 1 aromatic rings. The van der Waals surface area contributed by atoms with Crippen LogP contribution in [-0.2, 0) is 9.53 Å². The van der Waals surface area contributed by atoms with E-state index in [0.717, 1.165) is 12.1 Å². The summed E-state index contributed by atoms with van der Waals surface area (Å²) >= 11 is 0. The smallest absolute Gasteiger partial charge is 0.406 e. The van der Waals surface area contributed by atoms with Crippen LogP contribution in [0.25, 0.3) is 0 Å². The number of Topliss-reactive ketones (excluding diaryl/α,β-unsaturated/α-hetero) is 1. The van der Waals surface area contributed by atoms with Gasteiger partial charge in [0, 0.05) is 13.1 Å². The molecule has 3 rings (SSSR count). The summed E-state index contributed by atoms with van der Waals surface area (Å²) in [5.74, 6) is -2.11. The van der Waals surface area contributed by atoms with Crippen LogP contribution in [0.2, 0.25) is 0 Å². The number of nitrogens with zero attached hydrogens (tertiary/aromatic N) is 2. The first-order valence-electron chi connectivity index (χ1n) is 6.91. The molecule has 2 heterocycles. The van der Waals surface area contributed by atoms with Crippen LogP contribution >= 0.6 is 0 Å². The van der Waals surface area contributed by atoms with E-state index in [0.29, 0.717) is 32.0 Å². The minimum atomic E-state index is -4.85. The molecule has 0 N–H and O–H groups in total. The molecule has 6 nitrogen and oxygen atoms in total. The van der Waals surface area contributed by atoms with Crippen LogP contribution in [-0.4, -0.2) is 55.9 Å².